The molecule has 3 nitrogen and oxygen atoms in total. The molecule has 0 saturated carbocycles. The average molecular weight is 334 g/mol. The molecule has 25 heavy (non-hydrogen) atoms. The summed E-state index contributed by atoms with van der Waals surface area (Å²) in [6, 6.07) is 15.5. The van der Waals surface area contributed by atoms with Crippen LogP contribution in [-0.4, -0.2) is 30.4 Å². The minimum absolute atomic E-state index is 0.0980. The minimum Gasteiger partial charge on any atom is -0.354 e. The van der Waals surface area contributed by atoms with Gasteiger partial charge in [-0.15, -0.1) is 0 Å². The number of likely N-dealkylation sites (N-methyl/N-ethyl adjacent to an activating group) is 1. The Morgan fingerprint density at radius 1 is 1.04 bits per heavy atom. The Balaban J connectivity index is 1.36. The third kappa shape index (κ3) is 3.34. The first-order chi connectivity index (χ1) is 12.1. The van der Waals surface area contributed by atoms with Crippen LogP contribution in [0.4, 0.5) is 0 Å². The Bertz CT molecular complexity index is 773. The molecular formula is C22H26N2O. The van der Waals surface area contributed by atoms with Gasteiger partial charge in [-0.3, -0.25) is 9.69 Å². The van der Waals surface area contributed by atoms with Crippen LogP contribution in [0, 0.1) is 12.8 Å². The van der Waals surface area contributed by atoms with Crippen LogP contribution in [0.1, 0.15) is 27.8 Å². The van der Waals surface area contributed by atoms with Crippen molar-refractivity contribution >= 4 is 5.91 Å². The van der Waals surface area contributed by atoms with Crippen molar-refractivity contribution in [3.8, 4) is 0 Å². The topological polar surface area (TPSA) is 32.3 Å². The van der Waals surface area contributed by atoms with Gasteiger partial charge >= 0.3 is 0 Å². The van der Waals surface area contributed by atoms with Gasteiger partial charge in [0.2, 0.25) is 5.91 Å². The van der Waals surface area contributed by atoms with E-state index in [-0.39, 0.29) is 11.8 Å². The molecule has 130 valence electrons. The number of carbonyl (C=O) groups excluding carboxylic acids is 1. The highest BCUT2D eigenvalue weighted by molar-refractivity contribution is 5.80. The number of carbonyl (C=O) groups is 1. The predicted octanol–water partition coefficient (Wildman–Crippen LogP) is 2.88. The molecule has 0 fully saturated rings. The maximum atomic E-state index is 12.6. The molecule has 0 bridgehead atoms. The third-order valence-electron chi connectivity index (χ3n) is 5.79. The lowest BCUT2D eigenvalue weighted by Gasteiger charge is -2.34. The molecule has 3 heteroatoms. The largest absolute Gasteiger partial charge is 0.354 e. The van der Waals surface area contributed by atoms with Crippen LogP contribution < -0.4 is 5.32 Å². The number of fused-ring (bicyclic) bond motifs is 2. The molecule has 0 saturated heterocycles. The molecule has 0 radical (unpaired) electrons. The zero-order chi connectivity index (χ0) is 17.4. The average Bonchev–Trinajstić information content (AvgIpc) is 3.04. The molecule has 2 aliphatic rings. The van der Waals surface area contributed by atoms with Crippen molar-refractivity contribution in [2.24, 2.45) is 5.92 Å². The number of rotatable bonds is 3. The number of nitrogens with zero attached hydrogens (tertiary/aromatic N) is 1. The van der Waals surface area contributed by atoms with E-state index in [1.165, 1.54) is 27.8 Å². The molecule has 1 amide bonds. The van der Waals surface area contributed by atoms with E-state index in [1.54, 1.807) is 0 Å². The first kappa shape index (κ1) is 16.3. The van der Waals surface area contributed by atoms with Gasteiger partial charge in [0.1, 0.15) is 0 Å². The Morgan fingerprint density at radius 2 is 1.76 bits per heavy atom. The van der Waals surface area contributed by atoms with E-state index in [0.717, 1.165) is 32.4 Å². The Labute approximate surface area is 150 Å². The maximum Gasteiger partial charge on any atom is 0.223 e. The Morgan fingerprint density at radius 3 is 2.48 bits per heavy atom. The van der Waals surface area contributed by atoms with Gasteiger partial charge in [-0.2, -0.15) is 0 Å². The van der Waals surface area contributed by atoms with E-state index >= 15 is 0 Å². The summed E-state index contributed by atoms with van der Waals surface area (Å²) < 4.78 is 0. The van der Waals surface area contributed by atoms with Gasteiger partial charge in [0.15, 0.2) is 0 Å². The predicted molar refractivity (Wildman–Crippen MR) is 100 cm³/mol. The number of hydrogen-bond donors (Lipinski definition) is 1. The monoisotopic (exact) mass is 334 g/mol. The lowest BCUT2D eigenvalue weighted by atomic mass is 9.93. The summed E-state index contributed by atoms with van der Waals surface area (Å²) in [5.41, 5.74) is 6.84. The second kappa shape index (κ2) is 6.64. The zero-order valence-electron chi connectivity index (χ0n) is 15.1. The highest BCUT2D eigenvalue weighted by Crippen LogP contribution is 2.27. The van der Waals surface area contributed by atoms with E-state index < -0.39 is 0 Å². The van der Waals surface area contributed by atoms with Crippen LogP contribution in [-0.2, 0) is 30.6 Å². The van der Waals surface area contributed by atoms with Gasteiger partial charge in [0, 0.05) is 25.0 Å². The van der Waals surface area contributed by atoms with E-state index in [0.29, 0.717) is 6.04 Å². The van der Waals surface area contributed by atoms with Crippen molar-refractivity contribution < 1.29 is 4.79 Å². The van der Waals surface area contributed by atoms with E-state index in [9.17, 15) is 4.79 Å². The number of benzene rings is 2. The fourth-order valence-corrected chi connectivity index (χ4v) is 4.24. The van der Waals surface area contributed by atoms with Gasteiger partial charge in [-0.25, -0.2) is 0 Å². The molecule has 4 rings (SSSR count). The van der Waals surface area contributed by atoms with Crippen molar-refractivity contribution in [3.63, 3.8) is 0 Å². The molecule has 2 aromatic rings. The summed E-state index contributed by atoms with van der Waals surface area (Å²) in [6.45, 7) is 3.84. The van der Waals surface area contributed by atoms with Crippen molar-refractivity contribution in [1.29, 1.82) is 0 Å². The maximum absolute atomic E-state index is 12.6. The molecule has 2 aromatic carbocycles. The standard InChI is InChI=1S/C22H26N2O/c1-15-7-8-18-14-24(2)21(12-19(18)9-15)13-23-22(25)20-10-16-5-3-4-6-17(16)11-20/h3-9,20-21H,10-14H2,1-2H3,(H,23,25)/t21-/m1/s1. The van der Waals surface area contributed by atoms with Gasteiger partial charge in [0.25, 0.3) is 0 Å². The summed E-state index contributed by atoms with van der Waals surface area (Å²) in [5.74, 6) is 0.306. The molecule has 0 aromatic heterocycles. The fourth-order valence-electron chi connectivity index (χ4n) is 4.24. The molecular weight excluding hydrogens is 308 g/mol. The van der Waals surface area contributed by atoms with Gasteiger partial charge < -0.3 is 5.32 Å². The molecule has 1 N–H and O–H groups in total. The lowest BCUT2D eigenvalue weighted by molar-refractivity contribution is -0.125. The van der Waals surface area contributed by atoms with Crippen molar-refractivity contribution in [1.82, 2.24) is 10.2 Å². The van der Waals surface area contributed by atoms with Crippen LogP contribution in [0.25, 0.3) is 0 Å². The Kier molecular flexibility index (Phi) is 4.34. The smallest absolute Gasteiger partial charge is 0.223 e. The first-order valence-electron chi connectivity index (χ1n) is 9.23. The lowest BCUT2D eigenvalue weighted by Crippen LogP contribution is -2.46. The number of nitrogens with one attached hydrogen (secondary N) is 1. The molecule has 0 unspecified atom stereocenters. The number of hydrogen-bond acceptors (Lipinski definition) is 2. The van der Waals surface area contributed by atoms with E-state index in [2.05, 4.69) is 66.7 Å². The van der Waals surface area contributed by atoms with Crippen LogP contribution in [0.5, 0.6) is 0 Å². The quantitative estimate of drug-likeness (QED) is 0.936. The fraction of sp³-hybridized carbons (Fsp3) is 0.409. The first-order valence-corrected chi connectivity index (χ1v) is 9.23. The summed E-state index contributed by atoms with van der Waals surface area (Å²) in [5, 5.41) is 3.22. The van der Waals surface area contributed by atoms with Crippen molar-refractivity contribution in [2.75, 3.05) is 13.6 Å². The summed E-state index contributed by atoms with van der Waals surface area (Å²) in [7, 11) is 2.16. The SMILES string of the molecule is Cc1ccc2c(c1)C[C@H](CNC(=O)C1Cc3ccccc3C1)N(C)C2. The Hall–Kier alpha value is -2.13. The van der Waals surface area contributed by atoms with Gasteiger partial charge in [-0.1, -0.05) is 48.0 Å². The molecule has 1 aliphatic heterocycles. The molecule has 1 heterocycles. The van der Waals surface area contributed by atoms with Crippen LogP contribution >= 0.6 is 0 Å². The van der Waals surface area contributed by atoms with Gasteiger partial charge in [-0.05, 0) is 55.5 Å². The minimum atomic E-state index is 0.0980. The summed E-state index contributed by atoms with van der Waals surface area (Å²) in [4.78, 5) is 15.0. The summed E-state index contributed by atoms with van der Waals surface area (Å²) >= 11 is 0. The zero-order valence-corrected chi connectivity index (χ0v) is 15.1. The highest BCUT2D eigenvalue weighted by atomic mass is 16.1. The van der Waals surface area contributed by atoms with Crippen molar-refractivity contribution in [3.05, 3.63) is 70.3 Å². The van der Waals surface area contributed by atoms with Crippen molar-refractivity contribution in [2.45, 2.75) is 38.8 Å². The van der Waals surface area contributed by atoms with Crippen LogP contribution in [0.2, 0.25) is 0 Å². The number of aryl methyl sites for hydroxylation is 1. The molecule has 1 aliphatic carbocycles. The number of amides is 1. The molecule has 1 atom stereocenters. The van der Waals surface area contributed by atoms with E-state index in [4.69, 9.17) is 0 Å². The summed E-state index contributed by atoms with van der Waals surface area (Å²) in [6.07, 6.45) is 2.77. The van der Waals surface area contributed by atoms with Crippen LogP contribution in [0.15, 0.2) is 42.5 Å². The van der Waals surface area contributed by atoms with Crippen LogP contribution in [0.3, 0.4) is 0 Å². The third-order valence-corrected chi connectivity index (χ3v) is 5.79. The molecule has 0 spiro atoms. The highest BCUT2D eigenvalue weighted by Gasteiger charge is 2.29. The van der Waals surface area contributed by atoms with E-state index in [1.807, 2.05) is 0 Å². The second-order valence-corrected chi connectivity index (χ2v) is 7.66. The van der Waals surface area contributed by atoms with Gasteiger partial charge in [0.05, 0.1) is 0 Å². The normalized spacial score (nSPS) is 20.2. The second-order valence-electron chi connectivity index (χ2n) is 7.66.